The highest BCUT2D eigenvalue weighted by Crippen LogP contribution is 2.89. The standard InChI is InChI=1S/C39H66N2O4/c1-25(15-20-43-7)27-22-32(42)37(5)31-13-12-30-35(2,3)33(14-16-38(30)24-39(31,38)18-17-36(27,37)4)45-34-23-41(19-21-44-34)29-11-9-26-8-10-28(29)40(26)6/h25-34,42H,8-24H2,1-7H3/t25-,26?,27-,28?,29?,30+,31?,32+,33+,34+,36-,37-,38-,39+/m1/s1. The summed E-state index contributed by atoms with van der Waals surface area (Å²) in [6, 6.07) is 2.20. The molecule has 0 aromatic carbocycles. The number of aliphatic hydroxyl groups excluding tert-OH is 1. The predicted octanol–water partition coefficient (Wildman–Crippen LogP) is 6.74. The molecule has 6 nitrogen and oxygen atoms in total. The van der Waals surface area contributed by atoms with Crippen LogP contribution in [0.25, 0.3) is 0 Å². The van der Waals surface area contributed by atoms with E-state index in [1.54, 1.807) is 0 Å². The van der Waals surface area contributed by atoms with Gasteiger partial charge < -0.3 is 19.3 Å². The average Bonchev–Trinajstić information content (AvgIpc) is 3.57. The van der Waals surface area contributed by atoms with Gasteiger partial charge in [-0.15, -0.1) is 0 Å². The number of rotatable bonds is 7. The fourth-order valence-electron chi connectivity index (χ4n) is 15.1. The maximum atomic E-state index is 12.0. The van der Waals surface area contributed by atoms with Crippen LogP contribution >= 0.6 is 0 Å². The second-order valence-electron chi connectivity index (χ2n) is 18.9. The highest BCUT2D eigenvalue weighted by molar-refractivity contribution is 5.31. The zero-order valence-electron chi connectivity index (χ0n) is 29.9. The third-order valence-corrected chi connectivity index (χ3v) is 17.6. The van der Waals surface area contributed by atoms with Crippen molar-refractivity contribution in [1.82, 2.24) is 9.80 Å². The number of fused-ring (bicyclic) bond motifs is 4. The van der Waals surface area contributed by atoms with E-state index in [1.807, 2.05) is 7.11 Å². The number of piperidine rings is 1. The zero-order valence-corrected chi connectivity index (χ0v) is 29.9. The normalized spacial score (nSPS) is 54.5. The van der Waals surface area contributed by atoms with Gasteiger partial charge in [-0.25, -0.2) is 0 Å². The molecule has 2 bridgehead atoms. The van der Waals surface area contributed by atoms with E-state index in [-0.39, 0.29) is 34.7 Å². The van der Waals surface area contributed by atoms with Gasteiger partial charge in [0, 0.05) is 50.3 Å². The van der Waals surface area contributed by atoms with Crippen molar-refractivity contribution >= 4 is 0 Å². The summed E-state index contributed by atoms with van der Waals surface area (Å²) in [5.41, 5.74) is 1.28. The topological polar surface area (TPSA) is 54.4 Å². The Kier molecular flexibility index (Phi) is 7.73. The number of morpholine rings is 1. The van der Waals surface area contributed by atoms with Crippen molar-refractivity contribution in [3.8, 4) is 0 Å². The van der Waals surface area contributed by atoms with Gasteiger partial charge in [0.25, 0.3) is 0 Å². The summed E-state index contributed by atoms with van der Waals surface area (Å²) < 4.78 is 19.0. The van der Waals surface area contributed by atoms with Crippen LogP contribution in [-0.4, -0.2) is 92.0 Å². The quantitative estimate of drug-likeness (QED) is 0.338. The molecular weight excluding hydrogens is 560 g/mol. The second kappa shape index (κ2) is 10.9. The minimum absolute atomic E-state index is 0.0229. The Balaban J connectivity index is 0.973. The van der Waals surface area contributed by atoms with Crippen molar-refractivity contribution in [3.05, 3.63) is 0 Å². The Hall–Kier alpha value is -0.240. The monoisotopic (exact) mass is 627 g/mol. The lowest BCUT2D eigenvalue weighted by Gasteiger charge is -2.64. The van der Waals surface area contributed by atoms with Crippen molar-refractivity contribution in [2.45, 2.75) is 155 Å². The fraction of sp³-hybridized carbons (Fsp3) is 1.00. The van der Waals surface area contributed by atoms with Crippen LogP contribution in [-0.2, 0) is 14.2 Å². The van der Waals surface area contributed by atoms with Crippen molar-refractivity contribution in [2.75, 3.05) is 40.5 Å². The summed E-state index contributed by atoms with van der Waals surface area (Å²) in [6.45, 7) is 16.3. The molecule has 0 radical (unpaired) electrons. The molecule has 14 atom stereocenters. The fourth-order valence-corrected chi connectivity index (χ4v) is 15.1. The first-order valence-corrected chi connectivity index (χ1v) is 19.3. The molecule has 45 heavy (non-hydrogen) atoms. The molecule has 3 saturated heterocycles. The Morgan fingerprint density at radius 2 is 1.64 bits per heavy atom. The van der Waals surface area contributed by atoms with Crippen LogP contribution in [0, 0.1) is 50.7 Å². The Morgan fingerprint density at radius 1 is 0.911 bits per heavy atom. The van der Waals surface area contributed by atoms with Crippen molar-refractivity contribution in [3.63, 3.8) is 0 Å². The molecule has 3 heterocycles. The van der Waals surface area contributed by atoms with Gasteiger partial charge in [0.1, 0.15) is 0 Å². The highest BCUT2D eigenvalue weighted by atomic mass is 16.7. The third-order valence-electron chi connectivity index (χ3n) is 17.6. The number of nitrogens with zero attached hydrogens (tertiary/aromatic N) is 2. The van der Waals surface area contributed by atoms with E-state index in [9.17, 15) is 5.11 Å². The molecule has 6 heteroatoms. The second-order valence-corrected chi connectivity index (χ2v) is 18.9. The Labute approximate surface area is 274 Å². The first-order valence-electron chi connectivity index (χ1n) is 19.3. The van der Waals surface area contributed by atoms with Crippen LogP contribution in [0.15, 0.2) is 0 Å². The molecule has 4 unspecified atom stereocenters. The van der Waals surface area contributed by atoms with Crippen molar-refractivity contribution in [1.29, 1.82) is 0 Å². The maximum Gasteiger partial charge on any atom is 0.170 e. The number of ether oxygens (including phenoxy) is 3. The summed E-state index contributed by atoms with van der Waals surface area (Å²) >= 11 is 0. The number of hydrogen-bond donors (Lipinski definition) is 1. The average molecular weight is 627 g/mol. The predicted molar refractivity (Wildman–Crippen MR) is 178 cm³/mol. The van der Waals surface area contributed by atoms with Crippen LogP contribution < -0.4 is 0 Å². The summed E-state index contributed by atoms with van der Waals surface area (Å²) in [4.78, 5) is 5.43. The van der Waals surface area contributed by atoms with Crippen LogP contribution in [0.5, 0.6) is 0 Å². The van der Waals surface area contributed by atoms with E-state index in [2.05, 4.69) is 51.5 Å². The molecule has 0 amide bonds. The number of likely N-dealkylation sites (N-methyl/N-ethyl adjacent to an activating group) is 1. The van der Waals surface area contributed by atoms with E-state index in [0.29, 0.717) is 40.5 Å². The van der Waals surface area contributed by atoms with Crippen molar-refractivity contribution in [2.24, 2.45) is 50.7 Å². The molecule has 0 aromatic heterocycles. The van der Waals surface area contributed by atoms with Gasteiger partial charge in [-0.1, -0.05) is 34.6 Å². The molecule has 8 aliphatic rings. The van der Waals surface area contributed by atoms with Gasteiger partial charge in [-0.2, -0.15) is 0 Å². The van der Waals surface area contributed by atoms with Gasteiger partial charge >= 0.3 is 0 Å². The minimum Gasteiger partial charge on any atom is -0.393 e. The van der Waals surface area contributed by atoms with E-state index < -0.39 is 0 Å². The molecular formula is C39H66N2O4. The lowest BCUT2D eigenvalue weighted by atomic mass is 9.41. The Morgan fingerprint density at radius 3 is 2.42 bits per heavy atom. The van der Waals surface area contributed by atoms with Crippen LogP contribution in [0.4, 0.5) is 0 Å². The summed E-state index contributed by atoms with van der Waals surface area (Å²) in [5, 5.41) is 12.0. The molecule has 0 aromatic rings. The van der Waals surface area contributed by atoms with E-state index in [1.165, 1.54) is 70.6 Å². The SMILES string of the molecule is COCC[C@@H](C)[C@H]1C[C@H](O)[C@@]2(C)C3CC[C@H]4C(C)(C)[C@@H](O[C@H]5CN(C6CCC7CCC6N7C)CCO5)CC[C@@]45C[C@@]35CC[C@]12C. The number of hydrogen-bond acceptors (Lipinski definition) is 6. The van der Waals surface area contributed by atoms with Crippen LogP contribution in [0.1, 0.15) is 118 Å². The largest absolute Gasteiger partial charge is 0.393 e. The van der Waals surface area contributed by atoms with Gasteiger partial charge in [-0.3, -0.25) is 9.80 Å². The van der Waals surface area contributed by atoms with E-state index >= 15 is 0 Å². The van der Waals surface area contributed by atoms with Gasteiger partial charge in [0.05, 0.1) is 18.8 Å². The molecule has 256 valence electrons. The minimum atomic E-state index is -0.174. The molecule has 8 rings (SSSR count). The molecule has 3 aliphatic heterocycles. The van der Waals surface area contributed by atoms with Gasteiger partial charge in [0.15, 0.2) is 6.29 Å². The molecule has 5 saturated carbocycles. The summed E-state index contributed by atoms with van der Waals surface area (Å²) in [6.07, 6.45) is 16.7. The lowest BCUT2D eigenvalue weighted by Crippen LogP contribution is -2.61. The molecule has 1 N–H and O–H groups in total. The summed E-state index contributed by atoms with van der Waals surface area (Å²) in [7, 11) is 4.19. The van der Waals surface area contributed by atoms with Crippen LogP contribution in [0.2, 0.25) is 0 Å². The Bertz CT molecular complexity index is 1130. The first-order chi connectivity index (χ1) is 21.4. The van der Waals surface area contributed by atoms with Crippen LogP contribution in [0.3, 0.4) is 0 Å². The molecule has 5 aliphatic carbocycles. The smallest absolute Gasteiger partial charge is 0.170 e. The highest BCUT2D eigenvalue weighted by Gasteiger charge is 2.83. The summed E-state index contributed by atoms with van der Waals surface area (Å²) in [5.74, 6) is 2.56. The van der Waals surface area contributed by atoms with Gasteiger partial charge in [-0.05, 0) is 136 Å². The number of aliphatic hydroxyl groups is 1. The molecule has 2 spiro atoms. The maximum absolute atomic E-state index is 12.0. The number of methoxy groups -OCH3 is 1. The van der Waals surface area contributed by atoms with E-state index in [0.717, 1.165) is 51.2 Å². The van der Waals surface area contributed by atoms with E-state index in [4.69, 9.17) is 14.2 Å². The third kappa shape index (κ3) is 4.27. The van der Waals surface area contributed by atoms with Gasteiger partial charge in [0.2, 0.25) is 0 Å². The molecule has 8 fully saturated rings. The van der Waals surface area contributed by atoms with Crippen molar-refractivity contribution < 1.29 is 19.3 Å². The zero-order chi connectivity index (χ0) is 31.6. The first kappa shape index (κ1) is 32.0. The lowest BCUT2D eigenvalue weighted by molar-refractivity contribution is -0.252.